The van der Waals surface area contributed by atoms with Gasteiger partial charge in [-0.1, -0.05) is 24.3 Å². The molecule has 1 N–H and O–H groups in total. The number of furan rings is 1. The topological polar surface area (TPSA) is 38.1 Å². The van der Waals surface area contributed by atoms with Gasteiger partial charge in [0, 0.05) is 23.3 Å². The highest BCUT2D eigenvalue weighted by Gasteiger charge is 2.18. The van der Waals surface area contributed by atoms with Crippen LogP contribution in [0.5, 0.6) is 0 Å². The summed E-state index contributed by atoms with van der Waals surface area (Å²) in [6.45, 7) is 0. The Labute approximate surface area is 116 Å². The van der Waals surface area contributed by atoms with E-state index in [0.717, 1.165) is 22.1 Å². The highest BCUT2D eigenvalue weighted by atomic mass is 35.5. The van der Waals surface area contributed by atoms with Gasteiger partial charge in [0.25, 0.3) is 0 Å². The first kappa shape index (κ1) is 12.2. The zero-order valence-corrected chi connectivity index (χ0v) is 11.2. The quantitative estimate of drug-likeness (QED) is 0.788. The minimum absolute atomic E-state index is 0.0638. The molecule has 96 valence electrons. The molecule has 1 aromatic carbocycles. The lowest BCUT2D eigenvalue weighted by atomic mass is 10.00. The second-order valence-corrected chi connectivity index (χ2v) is 4.69. The van der Waals surface area contributed by atoms with Crippen molar-refractivity contribution in [2.45, 2.75) is 6.04 Å². The van der Waals surface area contributed by atoms with E-state index in [9.17, 15) is 0 Å². The van der Waals surface area contributed by atoms with Crippen molar-refractivity contribution < 1.29 is 4.42 Å². The predicted octanol–water partition coefficient (Wildman–Crippen LogP) is 3.79. The van der Waals surface area contributed by atoms with Gasteiger partial charge in [-0.05, 0) is 36.2 Å². The van der Waals surface area contributed by atoms with E-state index in [1.165, 1.54) is 0 Å². The maximum atomic E-state index is 5.86. The van der Waals surface area contributed by atoms with Crippen LogP contribution in [0.4, 0.5) is 0 Å². The number of benzene rings is 1. The van der Waals surface area contributed by atoms with Crippen molar-refractivity contribution in [2.24, 2.45) is 0 Å². The number of aromatic nitrogens is 1. The molecule has 3 rings (SSSR count). The molecule has 0 fully saturated rings. The average Bonchev–Trinajstić information content (AvgIpc) is 2.86. The van der Waals surface area contributed by atoms with Crippen molar-refractivity contribution in [3.8, 4) is 0 Å². The molecule has 0 amide bonds. The number of nitrogens with one attached hydrogen (secondary N) is 1. The molecule has 0 bridgehead atoms. The lowest BCUT2D eigenvalue weighted by Gasteiger charge is -2.15. The first-order valence-corrected chi connectivity index (χ1v) is 6.42. The maximum Gasteiger partial charge on any atom is 0.193 e. The Morgan fingerprint density at radius 3 is 2.74 bits per heavy atom. The lowest BCUT2D eigenvalue weighted by Crippen LogP contribution is -2.17. The van der Waals surface area contributed by atoms with Crippen LogP contribution in [0.15, 0.2) is 53.2 Å². The average molecular weight is 273 g/mol. The number of hydrogen-bond donors (Lipinski definition) is 1. The fourth-order valence-corrected chi connectivity index (χ4v) is 2.46. The third kappa shape index (κ3) is 2.23. The first-order chi connectivity index (χ1) is 9.29. The van der Waals surface area contributed by atoms with Gasteiger partial charge in [0.2, 0.25) is 0 Å². The molecule has 0 aliphatic rings. The Balaban J connectivity index is 2.16. The minimum atomic E-state index is -0.0638. The van der Waals surface area contributed by atoms with Crippen LogP contribution in [0.2, 0.25) is 5.22 Å². The molecule has 0 aliphatic carbocycles. The fourth-order valence-electron chi connectivity index (χ4n) is 2.30. The van der Waals surface area contributed by atoms with Gasteiger partial charge in [0.1, 0.15) is 5.76 Å². The third-order valence-corrected chi connectivity index (χ3v) is 3.38. The Hall–Kier alpha value is -1.84. The van der Waals surface area contributed by atoms with Gasteiger partial charge in [0.05, 0.1) is 6.04 Å². The van der Waals surface area contributed by atoms with Gasteiger partial charge in [-0.25, -0.2) is 0 Å². The SMILES string of the molecule is CNC(c1ccc(Cl)o1)c1cncc2ccccc12. The minimum Gasteiger partial charge on any atom is -0.448 e. The van der Waals surface area contributed by atoms with Gasteiger partial charge in [-0.2, -0.15) is 0 Å². The molecular weight excluding hydrogens is 260 g/mol. The normalized spacial score (nSPS) is 12.7. The Morgan fingerprint density at radius 1 is 1.16 bits per heavy atom. The van der Waals surface area contributed by atoms with E-state index in [-0.39, 0.29) is 6.04 Å². The standard InChI is InChI=1S/C15H13ClN2O/c1-17-15(13-6-7-14(16)19-13)12-9-18-8-10-4-2-3-5-11(10)12/h2-9,15,17H,1H3. The van der Waals surface area contributed by atoms with Crippen molar-refractivity contribution in [1.29, 1.82) is 0 Å². The molecule has 19 heavy (non-hydrogen) atoms. The second-order valence-electron chi connectivity index (χ2n) is 4.31. The Morgan fingerprint density at radius 2 is 2.00 bits per heavy atom. The second kappa shape index (κ2) is 5.03. The molecule has 1 unspecified atom stereocenters. The Bertz CT molecular complexity index is 703. The number of hydrogen-bond acceptors (Lipinski definition) is 3. The molecule has 0 spiro atoms. The predicted molar refractivity (Wildman–Crippen MR) is 76.4 cm³/mol. The van der Waals surface area contributed by atoms with Crippen LogP contribution >= 0.6 is 11.6 Å². The number of fused-ring (bicyclic) bond motifs is 1. The van der Waals surface area contributed by atoms with Crippen LogP contribution in [0, 0.1) is 0 Å². The summed E-state index contributed by atoms with van der Waals surface area (Å²) in [6.07, 6.45) is 3.72. The molecule has 2 heterocycles. The summed E-state index contributed by atoms with van der Waals surface area (Å²) in [5, 5.41) is 5.91. The summed E-state index contributed by atoms with van der Waals surface area (Å²) in [5.74, 6) is 0.783. The summed E-state index contributed by atoms with van der Waals surface area (Å²) < 4.78 is 5.52. The van der Waals surface area contributed by atoms with E-state index < -0.39 is 0 Å². The van der Waals surface area contributed by atoms with E-state index in [1.54, 1.807) is 6.07 Å². The summed E-state index contributed by atoms with van der Waals surface area (Å²) in [5.41, 5.74) is 1.08. The molecule has 4 heteroatoms. The van der Waals surface area contributed by atoms with Crippen molar-refractivity contribution in [3.05, 3.63) is 65.3 Å². The fraction of sp³-hybridized carbons (Fsp3) is 0.133. The molecular formula is C15H13ClN2O. The molecule has 1 atom stereocenters. The number of pyridine rings is 1. The van der Waals surface area contributed by atoms with Gasteiger partial charge < -0.3 is 9.73 Å². The van der Waals surface area contributed by atoms with Gasteiger partial charge in [-0.15, -0.1) is 0 Å². The maximum absolute atomic E-state index is 5.86. The van der Waals surface area contributed by atoms with E-state index in [0.29, 0.717) is 5.22 Å². The molecule has 0 radical (unpaired) electrons. The summed E-state index contributed by atoms with van der Waals surface area (Å²) in [7, 11) is 1.89. The molecule has 0 saturated carbocycles. The number of nitrogens with zero attached hydrogens (tertiary/aromatic N) is 1. The summed E-state index contributed by atoms with van der Waals surface area (Å²) >= 11 is 5.86. The van der Waals surface area contributed by atoms with Crippen LogP contribution in [-0.2, 0) is 0 Å². The van der Waals surface area contributed by atoms with Crippen LogP contribution in [0.3, 0.4) is 0 Å². The smallest absolute Gasteiger partial charge is 0.193 e. The molecule has 3 aromatic rings. The summed E-state index contributed by atoms with van der Waals surface area (Å²) in [4.78, 5) is 4.30. The molecule has 0 saturated heterocycles. The van der Waals surface area contributed by atoms with Gasteiger partial charge >= 0.3 is 0 Å². The van der Waals surface area contributed by atoms with Crippen molar-refractivity contribution in [3.63, 3.8) is 0 Å². The van der Waals surface area contributed by atoms with Crippen LogP contribution in [0.1, 0.15) is 17.4 Å². The Kier molecular flexibility index (Phi) is 3.23. The largest absolute Gasteiger partial charge is 0.448 e. The van der Waals surface area contributed by atoms with Gasteiger partial charge in [0.15, 0.2) is 5.22 Å². The first-order valence-electron chi connectivity index (χ1n) is 6.05. The van der Waals surface area contributed by atoms with E-state index in [2.05, 4.69) is 16.4 Å². The van der Waals surface area contributed by atoms with Crippen LogP contribution in [-0.4, -0.2) is 12.0 Å². The molecule has 3 nitrogen and oxygen atoms in total. The summed E-state index contributed by atoms with van der Waals surface area (Å²) in [6, 6.07) is 11.7. The zero-order valence-electron chi connectivity index (χ0n) is 10.4. The van der Waals surface area contributed by atoms with Crippen molar-refractivity contribution in [1.82, 2.24) is 10.3 Å². The van der Waals surface area contributed by atoms with Crippen molar-refractivity contribution >= 4 is 22.4 Å². The van der Waals surface area contributed by atoms with Crippen LogP contribution in [0.25, 0.3) is 10.8 Å². The van der Waals surface area contributed by atoms with E-state index >= 15 is 0 Å². The van der Waals surface area contributed by atoms with Gasteiger partial charge in [-0.3, -0.25) is 4.98 Å². The highest BCUT2D eigenvalue weighted by molar-refractivity contribution is 6.28. The molecule has 2 aromatic heterocycles. The third-order valence-electron chi connectivity index (χ3n) is 3.18. The lowest BCUT2D eigenvalue weighted by molar-refractivity contribution is 0.465. The zero-order chi connectivity index (χ0) is 13.2. The van der Waals surface area contributed by atoms with Crippen molar-refractivity contribution in [2.75, 3.05) is 7.05 Å². The van der Waals surface area contributed by atoms with E-state index in [1.807, 2.05) is 43.7 Å². The number of halogens is 1. The van der Waals surface area contributed by atoms with E-state index in [4.69, 9.17) is 16.0 Å². The monoisotopic (exact) mass is 272 g/mol. The van der Waals surface area contributed by atoms with Crippen LogP contribution < -0.4 is 5.32 Å². The number of rotatable bonds is 3. The highest BCUT2D eigenvalue weighted by Crippen LogP contribution is 2.29. The molecule has 0 aliphatic heterocycles.